The first kappa shape index (κ1) is 12.2. The molecule has 1 heterocycles. The van der Waals surface area contributed by atoms with Crippen LogP contribution in [0.1, 0.15) is 18.7 Å². The minimum Gasteiger partial charge on any atom is -0.313 e. The van der Waals surface area contributed by atoms with Crippen LogP contribution in [-0.4, -0.2) is 20.8 Å². The van der Waals surface area contributed by atoms with E-state index in [0.29, 0.717) is 24.0 Å². The zero-order chi connectivity index (χ0) is 13.4. The molecular weight excluding hydrogens is 250 g/mol. The van der Waals surface area contributed by atoms with Crippen LogP contribution in [0.15, 0.2) is 18.2 Å². The Morgan fingerprint density at radius 1 is 1.26 bits per heavy atom. The molecule has 2 aromatic rings. The molecule has 6 heteroatoms. The van der Waals surface area contributed by atoms with Gasteiger partial charge in [-0.25, -0.2) is 8.78 Å². The van der Waals surface area contributed by atoms with Crippen molar-refractivity contribution < 1.29 is 8.78 Å². The molecule has 0 unspecified atom stereocenters. The van der Waals surface area contributed by atoms with Gasteiger partial charge in [0, 0.05) is 18.7 Å². The van der Waals surface area contributed by atoms with Gasteiger partial charge in [-0.1, -0.05) is 0 Å². The van der Waals surface area contributed by atoms with Crippen LogP contribution in [-0.2, 0) is 13.6 Å². The highest BCUT2D eigenvalue weighted by atomic mass is 19.2. The Labute approximate surface area is 109 Å². The molecule has 19 heavy (non-hydrogen) atoms. The van der Waals surface area contributed by atoms with E-state index in [4.69, 9.17) is 0 Å². The number of hydrogen-bond acceptors (Lipinski definition) is 3. The summed E-state index contributed by atoms with van der Waals surface area (Å²) in [6.07, 6.45) is 2.40. The van der Waals surface area contributed by atoms with Crippen LogP contribution in [0.25, 0.3) is 11.4 Å². The first-order valence-electron chi connectivity index (χ1n) is 6.22. The highest BCUT2D eigenvalue weighted by Gasteiger charge is 2.21. The maximum atomic E-state index is 13.2. The van der Waals surface area contributed by atoms with Gasteiger partial charge in [-0.15, -0.1) is 10.2 Å². The summed E-state index contributed by atoms with van der Waals surface area (Å²) >= 11 is 0. The number of halogens is 2. The van der Waals surface area contributed by atoms with E-state index >= 15 is 0 Å². The summed E-state index contributed by atoms with van der Waals surface area (Å²) in [5, 5.41) is 11.5. The third-order valence-electron chi connectivity index (χ3n) is 3.27. The average Bonchev–Trinajstić information content (AvgIpc) is 3.15. The minimum atomic E-state index is -0.877. The second-order valence-corrected chi connectivity index (χ2v) is 4.78. The van der Waals surface area contributed by atoms with Gasteiger partial charge in [0.05, 0.1) is 6.54 Å². The largest absolute Gasteiger partial charge is 0.313 e. The van der Waals surface area contributed by atoms with Gasteiger partial charge < -0.3 is 9.88 Å². The minimum absolute atomic E-state index is 0.520. The van der Waals surface area contributed by atoms with Crippen molar-refractivity contribution in [3.8, 4) is 11.4 Å². The molecule has 1 aromatic heterocycles. The zero-order valence-corrected chi connectivity index (χ0v) is 10.5. The summed E-state index contributed by atoms with van der Waals surface area (Å²) in [6, 6.07) is 4.32. The molecule has 4 nitrogen and oxygen atoms in total. The number of rotatable bonds is 4. The van der Waals surface area contributed by atoms with Crippen molar-refractivity contribution in [3.05, 3.63) is 35.7 Å². The molecule has 1 aromatic carbocycles. The Kier molecular flexibility index (Phi) is 3.02. The molecule has 0 amide bonds. The van der Waals surface area contributed by atoms with Gasteiger partial charge in [0.2, 0.25) is 0 Å². The van der Waals surface area contributed by atoms with Crippen LogP contribution in [0, 0.1) is 11.6 Å². The molecule has 1 aliphatic carbocycles. The molecule has 0 atom stereocenters. The lowest BCUT2D eigenvalue weighted by Crippen LogP contribution is -2.18. The predicted octanol–water partition coefficient (Wildman–Crippen LogP) is 2.01. The van der Waals surface area contributed by atoms with Gasteiger partial charge >= 0.3 is 0 Å². The highest BCUT2D eigenvalue weighted by molar-refractivity contribution is 5.55. The molecule has 0 saturated heterocycles. The Hall–Kier alpha value is -1.82. The Morgan fingerprint density at radius 2 is 2.05 bits per heavy atom. The maximum Gasteiger partial charge on any atom is 0.163 e. The van der Waals surface area contributed by atoms with E-state index in [1.807, 2.05) is 7.05 Å². The van der Waals surface area contributed by atoms with E-state index in [0.717, 1.165) is 18.0 Å². The SMILES string of the molecule is Cn1c(CNC2CC2)nnc1-c1ccc(F)c(F)c1. The van der Waals surface area contributed by atoms with Crippen molar-refractivity contribution in [2.45, 2.75) is 25.4 Å². The summed E-state index contributed by atoms with van der Waals surface area (Å²) in [4.78, 5) is 0. The normalized spacial score (nSPS) is 14.9. The van der Waals surface area contributed by atoms with Crippen molar-refractivity contribution in [1.29, 1.82) is 0 Å². The van der Waals surface area contributed by atoms with E-state index in [1.54, 1.807) is 4.57 Å². The van der Waals surface area contributed by atoms with Crippen LogP contribution in [0.5, 0.6) is 0 Å². The van der Waals surface area contributed by atoms with Crippen molar-refractivity contribution in [2.75, 3.05) is 0 Å². The van der Waals surface area contributed by atoms with Crippen LogP contribution in [0.3, 0.4) is 0 Å². The average molecular weight is 264 g/mol. The number of aromatic nitrogens is 3. The summed E-state index contributed by atoms with van der Waals surface area (Å²) in [6.45, 7) is 0.637. The van der Waals surface area contributed by atoms with Crippen molar-refractivity contribution in [2.24, 2.45) is 7.05 Å². The lowest BCUT2D eigenvalue weighted by molar-refractivity contribution is 0.509. The summed E-state index contributed by atoms with van der Waals surface area (Å²) in [7, 11) is 1.82. The van der Waals surface area contributed by atoms with E-state index in [9.17, 15) is 8.78 Å². The molecule has 0 bridgehead atoms. The summed E-state index contributed by atoms with van der Waals surface area (Å²) < 4.78 is 27.9. The van der Waals surface area contributed by atoms with Crippen molar-refractivity contribution >= 4 is 0 Å². The second kappa shape index (κ2) is 4.70. The van der Waals surface area contributed by atoms with Gasteiger partial charge in [-0.05, 0) is 31.0 Å². The summed E-state index contributed by atoms with van der Waals surface area (Å²) in [5.74, 6) is -0.419. The first-order valence-corrected chi connectivity index (χ1v) is 6.22. The molecule has 0 radical (unpaired) electrons. The number of benzene rings is 1. The fraction of sp³-hybridized carbons (Fsp3) is 0.385. The van der Waals surface area contributed by atoms with E-state index in [-0.39, 0.29) is 0 Å². The van der Waals surface area contributed by atoms with Crippen molar-refractivity contribution in [3.63, 3.8) is 0 Å². The van der Waals surface area contributed by atoms with Gasteiger partial charge in [-0.2, -0.15) is 0 Å². The molecule has 3 rings (SSSR count). The number of nitrogens with zero attached hydrogens (tertiary/aromatic N) is 3. The van der Waals surface area contributed by atoms with Gasteiger partial charge in [0.25, 0.3) is 0 Å². The van der Waals surface area contributed by atoms with Crippen LogP contribution in [0.4, 0.5) is 8.78 Å². The fourth-order valence-corrected chi connectivity index (χ4v) is 1.93. The Bertz CT molecular complexity index is 605. The maximum absolute atomic E-state index is 13.2. The van der Waals surface area contributed by atoms with Gasteiger partial charge in [0.1, 0.15) is 5.82 Å². The molecule has 1 saturated carbocycles. The quantitative estimate of drug-likeness (QED) is 0.918. The Balaban J connectivity index is 1.85. The number of nitrogens with one attached hydrogen (secondary N) is 1. The monoisotopic (exact) mass is 264 g/mol. The van der Waals surface area contributed by atoms with Crippen LogP contribution >= 0.6 is 0 Å². The molecular formula is C13H14F2N4. The lowest BCUT2D eigenvalue weighted by atomic mass is 10.2. The fourth-order valence-electron chi connectivity index (χ4n) is 1.93. The molecule has 1 fully saturated rings. The van der Waals surface area contributed by atoms with Gasteiger partial charge in [0.15, 0.2) is 17.5 Å². The molecule has 100 valence electrons. The molecule has 1 N–H and O–H groups in total. The number of hydrogen-bond donors (Lipinski definition) is 1. The second-order valence-electron chi connectivity index (χ2n) is 4.78. The van der Waals surface area contributed by atoms with E-state index < -0.39 is 11.6 Å². The highest BCUT2D eigenvalue weighted by Crippen LogP contribution is 2.21. The predicted molar refractivity (Wildman–Crippen MR) is 66.2 cm³/mol. The molecule has 0 spiro atoms. The lowest BCUT2D eigenvalue weighted by Gasteiger charge is -2.05. The zero-order valence-electron chi connectivity index (χ0n) is 10.5. The van der Waals surface area contributed by atoms with Gasteiger partial charge in [-0.3, -0.25) is 0 Å². The molecule has 1 aliphatic rings. The van der Waals surface area contributed by atoms with Crippen molar-refractivity contribution in [1.82, 2.24) is 20.1 Å². The standard InChI is InChI=1S/C13H14F2N4/c1-19-12(7-16-9-3-4-9)17-18-13(19)8-2-5-10(14)11(15)6-8/h2,5-6,9,16H,3-4,7H2,1H3. The van der Waals surface area contributed by atoms with Crippen LogP contribution in [0.2, 0.25) is 0 Å². The third kappa shape index (κ3) is 2.49. The third-order valence-corrected chi connectivity index (χ3v) is 3.27. The smallest absolute Gasteiger partial charge is 0.163 e. The van der Waals surface area contributed by atoms with E-state index in [1.165, 1.54) is 18.9 Å². The Morgan fingerprint density at radius 3 is 2.74 bits per heavy atom. The topological polar surface area (TPSA) is 42.7 Å². The summed E-state index contributed by atoms with van der Waals surface area (Å²) in [5.41, 5.74) is 0.520. The van der Waals surface area contributed by atoms with Crippen LogP contribution < -0.4 is 5.32 Å². The molecule has 0 aliphatic heterocycles. The van der Waals surface area contributed by atoms with E-state index in [2.05, 4.69) is 15.5 Å². The first-order chi connectivity index (χ1) is 9.15.